The standard InChI is InChI=1S/C52H46Si2/c1-53(2,3)41-27-21-37(22-28-41)51-47-31-25-40(46-20-12-16-36-14-8-10-18-44(36)46)34-50(47)52(38-23-29-42(30-24-38)54(4,5)6)48-32-26-39(33-49(48)51)45-19-11-15-35-13-7-9-17-43(35)45/h7-34H,1-6H3. The summed E-state index contributed by atoms with van der Waals surface area (Å²) in [5, 5.41) is 13.2. The van der Waals surface area contributed by atoms with Gasteiger partial charge < -0.3 is 0 Å². The van der Waals surface area contributed by atoms with Crippen molar-refractivity contribution in [2.75, 3.05) is 0 Å². The van der Waals surface area contributed by atoms with Gasteiger partial charge in [-0.3, -0.25) is 0 Å². The van der Waals surface area contributed by atoms with Crippen molar-refractivity contribution >= 4 is 69.6 Å². The smallest absolute Gasteiger partial charge is 0.0656 e. The summed E-state index contributed by atoms with van der Waals surface area (Å²) in [6.45, 7) is 14.6. The first kappa shape index (κ1) is 34.2. The summed E-state index contributed by atoms with van der Waals surface area (Å²) in [7, 11) is -2.96. The average molecular weight is 727 g/mol. The van der Waals surface area contributed by atoms with E-state index in [1.807, 2.05) is 0 Å². The lowest BCUT2D eigenvalue weighted by atomic mass is 9.83. The fourth-order valence-electron chi connectivity index (χ4n) is 8.41. The van der Waals surface area contributed by atoms with E-state index >= 15 is 0 Å². The SMILES string of the molecule is C[Si](C)(C)c1ccc(-c2c3ccc(-c4cccc5ccccc45)cc3c(-c3ccc([Si](C)(C)C)cc3)c3ccc(-c4cccc5ccccc45)cc23)cc1. The van der Waals surface area contributed by atoms with E-state index in [9.17, 15) is 0 Å². The zero-order valence-corrected chi connectivity index (χ0v) is 34.2. The summed E-state index contributed by atoms with van der Waals surface area (Å²) in [5.74, 6) is 0. The monoisotopic (exact) mass is 726 g/mol. The highest BCUT2D eigenvalue weighted by Crippen LogP contribution is 2.46. The summed E-state index contributed by atoms with van der Waals surface area (Å²) in [4.78, 5) is 0. The lowest BCUT2D eigenvalue weighted by Crippen LogP contribution is -2.37. The maximum absolute atomic E-state index is 2.47. The van der Waals surface area contributed by atoms with E-state index < -0.39 is 16.1 Å². The van der Waals surface area contributed by atoms with Gasteiger partial charge in [0.2, 0.25) is 0 Å². The maximum Gasteiger partial charge on any atom is 0.0775 e. The van der Waals surface area contributed by atoms with Crippen molar-refractivity contribution in [1.82, 2.24) is 0 Å². The Morgan fingerprint density at radius 2 is 0.630 bits per heavy atom. The molecule has 0 fully saturated rings. The molecule has 2 heteroatoms. The molecule has 54 heavy (non-hydrogen) atoms. The summed E-state index contributed by atoms with van der Waals surface area (Å²) in [6.07, 6.45) is 0. The molecule has 0 aliphatic rings. The highest BCUT2D eigenvalue weighted by atomic mass is 28.3. The first-order chi connectivity index (χ1) is 26.0. The molecule has 262 valence electrons. The van der Waals surface area contributed by atoms with Crippen molar-refractivity contribution in [1.29, 1.82) is 0 Å². The van der Waals surface area contributed by atoms with Crippen LogP contribution in [0, 0.1) is 0 Å². The molecule has 0 saturated heterocycles. The number of hydrogen-bond acceptors (Lipinski definition) is 0. The molecular formula is C52H46Si2. The van der Waals surface area contributed by atoms with E-state index in [2.05, 4.69) is 209 Å². The van der Waals surface area contributed by atoms with Crippen molar-refractivity contribution < 1.29 is 0 Å². The van der Waals surface area contributed by atoms with Crippen molar-refractivity contribution in [2.45, 2.75) is 39.3 Å². The minimum Gasteiger partial charge on any atom is -0.0656 e. The van der Waals surface area contributed by atoms with Crippen LogP contribution < -0.4 is 10.4 Å². The van der Waals surface area contributed by atoms with Crippen molar-refractivity contribution in [2.24, 2.45) is 0 Å². The number of hydrogen-bond donors (Lipinski definition) is 0. The number of fused-ring (bicyclic) bond motifs is 4. The number of rotatable bonds is 6. The molecular weight excluding hydrogens is 681 g/mol. The van der Waals surface area contributed by atoms with E-state index in [0.29, 0.717) is 0 Å². The Balaban J connectivity index is 1.40. The third kappa shape index (κ3) is 6.00. The maximum atomic E-state index is 2.47. The van der Waals surface area contributed by atoms with Gasteiger partial charge in [0, 0.05) is 0 Å². The van der Waals surface area contributed by atoms with E-state index in [4.69, 9.17) is 0 Å². The van der Waals surface area contributed by atoms with Crippen LogP contribution in [-0.2, 0) is 0 Å². The van der Waals surface area contributed by atoms with Crippen LogP contribution in [0.2, 0.25) is 39.3 Å². The normalized spacial score (nSPS) is 12.3. The van der Waals surface area contributed by atoms with Gasteiger partial charge in [-0.2, -0.15) is 0 Å². The molecule has 0 radical (unpaired) electrons. The van der Waals surface area contributed by atoms with Crippen LogP contribution in [0.25, 0.3) is 87.6 Å². The summed E-state index contributed by atoms with van der Waals surface area (Å²) in [5.41, 5.74) is 10.1. The van der Waals surface area contributed by atoms with Crippen LogP contribution in [-0.4, -0.2) is 16.1 Å². The zero-order chi connectivity index (χ0) is 37.2. The Hall–Kier alpha value is -5.55. The summed E-state index contributed by atoms with van der Waals surface area (Å²) >= 11 is 0. The van der Waals surface area contributed by atoms with Gasteiger partial charge in [0.1, 0.15) is 0 Å². The van der Waals surface area contributed by atoms with E-state index in [1.165, 1.54) is 98.0 Å². The Kier molecular flexibility index (Phi) is 8.30. The Morgan fingerprint density at radius 3 is 1.02 bits per heavy atom. The second kappa shape index (κ2) is 13.1. The predicted octanol–water partition coefficient (Wildman–Crippen LogP) is 14.1. The fourth-order valence-corrected chi connectivity index (χ4v) is 10.7. The highest BCUT2D eigenvalue weighted by Gasteiger charge is 2.22. The van der Waals surface area contributed by atoms with E-state index in [1.54, 1.807) is 0 Å². The van der Waals surface area contributed by atoms with Gasteiger partial charge in [-0.25, -0.2) is 0 Å². The van der Waals surface area contributed by atoms with Crippen molar-refractivity contribution in [3.63, 3.8) is 0 Å². The highest BCUT2D eigenvalue weighted by molar-refractivity contribution is 6.89. The lowest BCUT2D eigenvalue weighted by Gasteiger charge is -2.22. The molecule has 9 rings (SSSR count). The molecule has 0 nitrogen and oxygen atoms in total. The zero-order valence-electron chi connectivity index (χ0n) is 32.2. The van der Waals surface area contributed by atoms with Gasteiger partial charge >= 0.3 is 0 Å². The van der Waals surface area contributed by atoms with Gasteiger partial charge in [0.05, 0.1) is 16.1 Å². The van der Waals surface area contributed by atoms with Crippen LogP contribution in [0.15, 0.2) is 170 Å². The first-order valence-electron chi connectivity index (χ1n) is 19.3. The Labute approximate surface area is 321 Å². The molecule has 9 aromatic rings. The van der Waals surface area contributed by atoms with Crippen molar-refractivity contribution in [3.05, 3.63) is 170 Å². The van der Waals surface area contributed by atoms with Gasteiger partial charge in [-0.05, 0) is 99.7 Å². The van der Waals surface area contributed by atoms with Gasteiger partial charge in [0.15, 0.2) is 0 Å². The molecule has 0 heterocycles. The minimum absolute atomic E-state index is 1.24. The third-order valence-corrected chi connectivity index (χ3v) is 15.5. The van der Waals surface area contributed by atoms with Crippen LogP contribution in [0.3, 0.4) is 0 Å². The third-order valence-electron chi connectivity index (χ3n) is 11.4. The first-order valence-corrected chi connectivity index (χ1v) is 26.3. The summed E-state index contributed by atoms with van der Waals surface area (Å²) in [6, 6.07) is 64.4. The Bertz CT molecular complexity index is 2660. The second-order valence-corrected chi connectivity index (χ2v) is 27.1. The molecule has 0 bridgehead atoms. The molecule has 9 aromatic carbocycles. The predicted molar refractivity (Wildman–Crippen MR) is 244 cm³/mol. The molecule has 0 atom stereocenters. The summed E-state index contributed by atoms with van der Waals surface area (Å²) < 4.78 is 0. The number of benzene rings is 9. The van der Waals surface area contributed by atoms with E-state index in [-0.39, 0.29) is 0 Å². The van der Waals surface area contributed by atoms with Gasteiger partial charge in [0.25, 0.3) is 0 Å². The average Bonchev–Trinajstić information content (AvgIpc) is 3.18. The molecule has 0 spiro atoms. The van der Waals surface area contributed by atoms with E-state index in [0.717, 1.165) is 0 Å². The minimum atomic E-state index is -1.48. The van der Waals surface area contributed by atoms with Crippen LogP contribution in [0.1, 0.15) is 0 Å². The topological polar surface area (TPSA) is 0 Å². The largest absolute Gasteiger partial charge is 0.0775 e. The fraction of sp³-hybridized carbons (Fsp3) is 0.115. The quantitative estimate of drug-likeness (QED) is 0.118. The molecule has 0 aromatic heterocycles. The van der Waals surface area contributed by atoms with Crippen LogP contribution >= 0.6 is 0 Å². The Morgan fingerprint density at radius 1 is 0.278 bits per heavy atom. The molecule has 0 aliphatic heterocycles. The second-order valence-electron chi connectivity index (χ2n) is 17.0. The molecule has 0 saturated carbocycles. The lowest BCUT2D eigenvalue weighted by molar-refractivity contribution is 1.63. The molecule has 0 aliphatic carbocycles. The van der Waals surface area contributed by atoms with Crippen molar-refractivity contribution in [3.8, 4) is 44.5 Å². The molecule has 0 N–H and O–H groups in total. The van der Waals surface area contributed by atoms with Crippen LogP contribution in [0.5, 0.6) is 0 Å². The van der Waals surface area contributed by atoms with Gasteiger partial charge in [-0.1, -0.05) is 207 Å². The van der Waals surface area contributed by atoms with Crippen LogP contribution in [0.4, 0.5) is 0 Å². The molecule has 0 unspecified atom stereocenters. The van der Waals surface area contributed by atoms with Gasteiger partial charge in [-0.15, -0.1) is 0 Å². The molecule has 0 amide bonds.